The van der Waals surface area contributed by atoms with Crippen LogP contribution in [-0.4, -0.2) is 30.1 Å². The van der Waals surface area contributed by atoms with E-state index in [1.807, 2.05) is 6.92 Å². The van der Waals surface area contributed by atoms with Gasteiger partial charge in [-0.2, -0.15) is 0 Å². The first-order valence-corrected chi connectivity index (χ1v) is 7.50. The fourth-order valence-electron chi connectivity index (χ4n) is 1.75. The molecule has 1 heterocycles. The van der Waals surface area contributed by atoms with Crippen LogP contribution in [0.5, 0.6) is 0 Å². The summed E-state index contributed by atoms with van der Waals surface area (Å²) in [5.41, 5.74) is 5.92. The number of nitrogens with one attached hydrogen (secondary N) is 1. The number of carbonyl (C=O) groups excluding carboxylic acids is 1. The van der Waals surface area contributed by atoms with E-state index >= 15 is 0 Å². The van der Waals surface area contributed by atoms with E-state index in [4.69, 9.17) is 10.5 Å². The largest absolute Gasteiger partial charge is 0.378 e. The molecule has 20 heavy (non-hydrogen) atoms. The molecular formula is C13H24ClN3O2S. The van der Waals surface area contributed by atoms with Crippen LogP contribution >= 0.6 is 23.7 Å². The highest BCUT2D eigenvalue weighted by molar-refractivity contribution is 7.09. The Morgan fingerprint density at radius 1 is 1.55 bits per heavy atom. The van der Waals surface area contributed by atoms with Gasteiger partial charge in [0, 0.05) is 25.1 Å². The number of carbonyl (C=O) groups is 1. The molecule has 1 amide bonds. The summed E-state index contributed by atoms with van der Waals surface area (Å²) in [6, 6.07) is 0. The van der Waals surface area contributed by atoms with Gasteiger partial charge in [0.2, 0.25) is 0 Å². The predicted molar refractivity (Wildman–Crippen MR) is 84.5 cm³/mol. The van der Waals surface area contributed by atoms with Gasteiger partial charge in [-0.15, -0.1) is 23.7 Å². The zero-order valence-electron chi connectivity index (χ0n) is 12.2. The minimum Gasteiger partial charge on any atom is -0.378 e. The summed E-state index contributed by atoms with van der Waals surface area (Å²) < 4.78 is 5.63. The van der Waals surface area contributed by atoms with Gasteiger partial charge in [0.15, 0.2) is 0 Å². The van der Waals surface area contributed by atoms with Gasteiger partial charge >= 0.3 is 0 Å². The highest BCUT2D eigenvalue weighted by atomic mass is 35.5. The molecule has 0 fully saturated rings. The smallest absolute Gasteiger partial charge is 0.270 e. The van der Waals surface area contributed by atoms with E-state index in [-0.39, 0.29) is 24.4 Å². The normalized spacial score (nSPS) is 12.1. The van der Waals surface area contributed by atoms with Gasteiger partial charge in [-0.1, -0.05) is 13.8 Å². The number of hydrogen-bond donors (Lipinski definition) is 2. The van der Waals surface area contributed by atoms with E-state index in [0.717, 1.165) is 11.4 Å². The van der Waals surface area contributed by atoms with Crippen LogP contribution in [0.1, 0.15) is 42.7 Å². The van der Waals surface area contributed by atoms with Gasteiger partial charge in [-0.3, -0.25) is 4.79 Å². The second-order valence-electron chi connectivity index (χ2n) is 4.61. The summed E-state index contributed by atoms with van der Waals surface area (Å²) in [5.74, 6) is 0.301. The topological polar surface area (TPSA) is 77.2 Å². The molecule has 1 rings (SSSR count). The van der Waals surface area contributed by atoms with Crippen molar-refractivity contribution >= 4 is 29.7 Å². The van der Waals surface area contributed by atoms with Crippen molar-refractivity contribution in [2.45, 2.75) is 39.8 Å². The summed E-state index contributed by atoms with van der Waals surface area (Å²) in [6.45, 7) is 7.89. The molecule has 1 atom stereocenters. The number of thiazole rings is 1. The van der Waals surface area contributed by atoms with Crippen LogP contribution in [0.3, 0.4) is 0 Å². The van der Waals surface area contributed by atoms with E-state index in [2.05, 4.69) is 24.1 Å². The Morgan fingerprint density at radius 3 is 2.75 bits per heavy atom. The van der Waals surface area contributed by atoms with Crippen molar-refractivity contribution < 1.29 is 9.53 Å². The summed E-state index contributed by atoms with van der Waals surface area (Å²) in [4.78, 5) is 16.0. The minimum atomic E-state index is -0.144. The average molecular weight is 322 g/mol. The highest BCUT2D eigenvalue weighted by Gasteiger charge is 2.14. The van der Waals surface area contributed by atoms with Gasteiger partial charge in [0.05, 0.1) is 6.10 Å². The van der Waals surface area contributed by atoms with Crippen LogP contribution in [0.2, 0.25) is 0 Å². The molecule has 0 aliphatic rings. The molecule has 0 aromatic carbocycles. The third-order valence-electron chi connectivity index (χ3n) is 2.80. The Balaban J connectivity index is 0.00000361. The van der Waals surface area contributed by atoms with E-state index < -0.39 is 0 Å². The highest BCUT2D eigenvalue weighted by Crippen LogP contribution is 2.11. The Bertz CT molecular complexity index is 399. The first-order valence-electron chi connectivity index (χ1n) is 6.62. The molecule has 1 unspecified atom stereocenters. The molecule has 1 aromatic rings. The molecule has 0 spiro atoms. The second kappa shape index (κ2) is 10.1. The first kappa shape index (κ1) is 19.3. The minimum absolute atomic E-state index is 0. The quantitative estimate of drug-likeness (QED) is 0.769. The lowest BCUT2D eigenvalue weighted by Gasteiger charge is -2.20. The molecular weight excluding hydrogens is 298 g/mol. The monoisotopic (exact) mass is 321 g/mol. The summed E-state index contributed by atoms with van der Waals surface area (Å²) in [5, 5.41) is 5.38. The lowest BCUT2D eigenvalue weighted by Crippen LogP contribution is -2.30. The van der Waals surface area contributed by atoms with Gasteiger partial charge in [-0.25, -0.2) is 4.98 Å². The Morgan fingerprint density at radius 2 is 2.25 bits per heavy atom. The fourth-order valence-corrected chi connectivity index (χ4v) is 2.41. The molecule has 0 aliphatic heterocycles. The van der Waals surface area contributed by atoms with Crippen molar-refractivity contribution in [1.29, 1.82) is 0 Å². The molecule has 7 heteroatoms. The number of amides is 1. The van der Waals surface area contributed by atoms with Crippen LogP contribution < -0.4 is 11.1 Å². The van der Waals surface area contributed by atoms with Crippen molar-refractivity contribution in [1.82, 2.24) is 10.3 Å². The average Bonchev–Trinajstić information content (AvgIpc) is 2.86. The molecule has 0 radical (unpaired) electrons. The maximum Gasteiger partial charge on any atom is 0.270 e. The molecule has 0 aliphatic carbocycles. The number of aromatic nitrogens is 1. The van der Waals surface area contributed by atoms with Gasteiger partial charge in [0.1, 0.15) is 10.7 Å². The Labute approximate surface area is 130 Å². The molecule has 0 saturated carbocycles. The van der Waals surface area contributed by atoms with Crippen LogP contribution in [-0.2, 0) is 11.3 Å². The number of nitrogens with two attached hydrogens (primary N) is 1. The van der Waals surface area contributed by atoms with Crippen LogP contribution in [0.15, 0.2) is 5.38 Å². The van der Waals surface area contributed by atoms with E-state index in [9.17, 15) is 4.79 Å². The summed E-state index contributed by atoms with van der Waals surface area (Å²) in [6.07, 6.45) is 0.992. The van der Waals surface area contributed by atoms with Gasteiger partial charge in [-0.05, 0) is 19.3 Å². The standard InChI is InChI=1S/C13H23N3O2S.ClH/c1-4-18-11(9(2)3)5-6-15-13(17)10-8-19-12(7-14)16-10;/h8-9,11H,4-7,14H2,1-3H3,(H,15,17);1H. The molecule has 0 saturated heterocycles. The molecule has 3 N–H and O–H groups in total. The molecule has 1 aromatic heterocycles. The molecule has 5 nitrogen and oxygen atoms in total. The number of nitrogens with zero attached hydrogens (tertiary/aromatic N) is 1. The summed E-state index contributed by atoms with van der Waals surface area (Å²) in [7, 11) is 0. The van der Waals surface area contributed by atoms with Gasteiger partial charge < -0.3 is 15.8 Å². The van der Waals surface area contributed by atoms with Crippen LogP contribution in [0, 0.1) is 5.92 Å². The summed E-state index contributed by atoms with van der Waals surface area (Å²) >= 11 is 1.41. The van der Waals surface area contributed by atoms with E-state index in [1.165, 1.54) is 11.3 Å². The van der Waals surface area contributed by atoms with E-state index in [0.29, 0.717) is 31.3 Å². The van der Waals surface area contributed by atoms with Crippen molar-refractivity contribution in [2.75, 3.05) is 13.2 Å². The third-order valence-corrected chi connectivity index (χ3v) is 3.67. The lowest BCUT2D eigenvalue weighted by molar-refractivity contribution is 0.0251. The second-order valence-corrected chi connectivity index (χ2v) is 5.56. The lowest BCUT2D eigenvalue weighted by atomic mass is 10.0. The fraction of sp³-hybridized carbons (Fsp3) is 0.692. The maximum atomic E-state index is 11.8. The Kier molecular flexibility index (Phi) is 9.75. The number of halogens is 1. The maximum absolute atomic E-state index is 11.8. The predicted octanol–water partition coefficient (Wildman–Crippen LogP) is 2.20. The zero-order chi connectivity index (χ0) is 14.3. The SMILES string of the molecule is CCOC(CCNC(=O)c1csc(CN)n1)C(C)C.Cl. The molecule has 0 bridgehead atoms. The molecule has 116 valence electrons. The van der Waals surface area contributed by atoms with Crippen molar-refractivity contribution in [2.24, 2.45) is 11.7 Å². The van der Waals surface area contributed by atoms with Crippen molar-refractivity contribution in [3.05, 3.63) is 16.1 Å². The van der Waals surface area contributed by atoms with E-state index in [1.54, 1.807) is 5.38 Å². The van der Waals surface area contributed by atoms with Crippen LogP contribution in [0.4, 0.5) is 0 Å². The van der Waals surface area contributed by atoms with Crippen molar-refractivity contribution in [3.8, 4) is 0 Å². The van der Waals surface area contributed by atoms with Crippen LogP contribution in [0.25, 0.3) is 0 Å². The zero-order valence-corrected chi connectivity index (χ0v) is 13.9. The Hall–Kier alpha value is -0.690. The van der Waals surface area contributed by atoms with Crippen molar-refractivity contribution in [3.63, 3.8) is 0 Å². The number of rotatable bonds is 8. The van der Waals surface area contributed by atoms with Gasteiger partial charge in [0.25, 0.3) is 5.91 Å². The third kappa shape index (κ3) is 6.17. The number of hydrogen-bond acceptors (Lipinski definition) is 5. The number of ether oxygens (including phenoxy) is 1. The first-order chi connectivity index (χ1) is 9.08.